The van der Waals surface area contributed by atoms with Crippen LogP contribution in [0.1, 0.15) is 0 Å². The molecule has 0 aromatic carbocycles. The Hall–Kier alpha value is 0.346. The lowest BCUT2D eigenvalue weighted by molar-refractivity contribution is 0.0594. The molecule has 0 saturated heterocycles. The second kappa shape index (κ2) is 0.770. The van der Waals surface area contributed by atoms with Crippen LogP contribution in [0.15, 0.2) is 0 Å². The lowest BCUT2D eigenvalue weighted by Gasteiger charge is -2.04. The Balaban J connectivity index is 4.43. The molecule has 0 aromatic heterocycles. The normalized spacial score (nSPS) is 18.0. The molecule has 0 amide bonds. The van der Waals surface area contributed by atoms with Gasteiger partial charge in [0.2, 0.25) is 0 Å². The average Bonchev–Trinajstić information content (AvgIpc) is 0.592. The van der Waals surface area contributed by atoms with Crippen molar-refractivity contribution < 1.29 is 17.7 Å². The first-order valence-electron chi connectivity index (χ1n) is 1.60. The van der Waals surface area contributed by atoms with E-state index in [9.17, 15) is 17.7 Å². The Morgan fingerprint density at radius 2 is 0.571 bits per heavy atom. The molecular formula is F6Mg. The molecule has 0 aromatic rings. The van der Waals surface area contributed by atoms with Gasteiger partial charge in [-0.2, -0.15) is 0 Å². The molecule has 0 radical (unpaired) electrons. The molecule has 0 fully saturated rings. The minimum atomic E-state index is -11.2. The number of hydrogen-bond donors (Lipinski definition) is 0. The van der Waals surface area contributed by atoms with Gasteiger partial charge in [-0.1, -0.05) is 0 Å². The van der Waals surface area contributed by atoms with Crippen LogP contribution in [-0.2, 0) is 0 Å². The van der Waals surface area contributed by atoms with Crippen LogP contribution in [-0.4, -0.2) is 18.3 Å². The van der Waals surface area contributed by atoms with E-state index in [1.54, 1.807) is 0 Å². The van der Waals surface area contributed by atoms with Crippen LogP contribution < -0.4 is 0 Å². The summed E-state index contributed by atoms with van der Waals surface area (Å²) in [5.74, 6) is 0. The van der Waals surface area contributed by atoms with Crippen molar-refractivity contribution in [2.45, 2.75) is 0 Å². The highest BCUT2D eigenvalue weighted by atomic mass is 25.3. The maximum absolute atomic E-state index is 11.2. The summed E-state index contributed by atoms with van der Waals surface area (Å²) in [6.45, 7) is 0. The molecule has 0 saturated carbocycles. The molecule has 0 aliphatic carbocycles. The van der Waals surface area contributed by atoms with Crippen molar-refractivity contribution >= 4 is 18.3 Å². The first-order valence-corrected chi connectivity index (χ1v) is 4.81. The van der Waals surface area contributed by atoms with Gasteiger partial charge in [0, 0.05) is 0 Å². The van der Waals surface area contributed by atoms with Crippen LogP contribution in [0.3, 0.4) is 0 Å². The second-order valence-electron chi connectivity index (χ2n) is 1.52. The van der Waals surface area contributed by atoms with Gasteiger partial charge in [-0.15, -0.1) is 0 Å². The highest BCUT2D eigenvalue weighted by Crippen LogP contribution is 2.50. The molecule has 0 N–H and O–H groups in total. The lowest BCUT2D eigenvalue weighted by atomic mass is 18.0. The Bertz CT molecular complexity index is 62.7. The van der Waals surface area contributed by atoms with Gasteiger partial charge in [0.05, 0.1) is 0 Å². The van der Waals surface area contributed by atoms with Crippen LogP contribution >= 0.6 is 0 Å². The fraction of sp³-hybridized carbons (Fsp3) is 0. The molecule has 0 bridgehead atoms. The van der Waals surface area contributed by atoms with Crippen LogP contribution in [0.2, 0.25) is 0 Å². The number of halogens is 6. The molecule has 0 rings (SSSR count). The molecule has 44 valence electrons. The molecule has 0 spiro atoms. The predicted molar refractivity (Wildman–Crippen MR) is 12.4 cm³/mol. The summed E-state index contributed by atoms with van der Waals surface area (Å²) in [4.78, 5) is 0. The van der Waals surface area contributed by atoms with E-state index in [4.69, 9.17) is 0 Å². The van der Waals surface area contributed by atoms with Crippen LogP contribution in [0, 0.1) is 0 Å². The largest absolute Gasteiger partial charge is 1.21 e. The summed E-state index contributed by atoms with van der Waals surface area (Å²) in [6, 6.07) is 0. The lowest BCUT2D eigenvalue weighted by Crippen LogP contribution is -2.46. The van der Waals surface area contributed by atoms with E-state index in [1.807, 2.05) is 0 Å². The van der Waals surface area contributed by atoms with Gasteiger partial charge >= 0.3 is 18.3 Å². The van der Waals surface area contributed by atoms with Crippen molar-refractivity contribution in [3.05, 3.63) is 0 Å². The minimum Gasteiger partial charge on any atom is -0.202 e. The maximum Gasteiger partial charge on any atom is 1.21 e. The molecule has 0 aliphatic rings. The van der Waals surface area contributed by atoms with Crippen LogP contribution in [0.5, 0.6) is 0 Å². The zero-order valence-corrected chi connectivity index (χ0v) is 4.39. The molecule has 0 nitrogen and oxygen atoms in total. The second-order valence-corrected chi connectivity index (χ2v) is 4.55. The standard InChI is InChI=1S/6FH.Mg/h6*1H;/q;;;;;;+6/p-6. The number of rotatable bonds is 0. The Morgan fingerprint density at radius 1 is 0.571 bits per heavy atom. The van der Waals surface area contributed by atoms with Crippen molar-refractivity contribution in [2.75, 3.05) is 0 Å². The van der Waals surface area contributed by atoms with Gasteiger partial charge in [0.15, 0.2) is 0 Å². The monoisotopic (exact) mass is 138 g/mol. The van der Waals surface area contributed by atoms with Crippen molar-refractivity contribution in [3.63, 3.8) is 0 Å². The SMILES string of the molecule is [F][Mg]([F])([F])([F])([F])[F]. The van der Waals surface area contributed by atoms with Crippen molar-refractivity contribution in [2.24, 2.45) is 0 Å². The van der Waals surface area contributed by atoms with Gasteiger partial charge in [0.25, 0.3) is 0 Å². The van der Waals surface area contributed by atoms with E-state index in [1.165, 1.54) is 0 Å². The summed E-state index contributed by atoms with van der Waals surface area (Å²) in [6.07, 6.45) is 0. The molecule has 0 atom stereocenters. The summed E-state index contributed by atoms with van der Waals surface area (Å²) in [7, 11) is 0. The molecular weight excluding hydrogens is 138 g/mol. The first-order chi connectivity index (χ1) is 2.45. The van der Waals surface area contributed by atoms with Crippen molar-refractivity contribution in [1.82, 2.24) is 0 Å². The smallest absolute Gasteiger partial charge is 0.202 e. The van der Waals surface area contributed by atoms with E-state index in [2.05, 4.69) is 0 Å². The van der Waals surface area contributed by atoms with Gasteiger partial charge in [0.1, 0.15) is 0 Å². The highest BCUT2D eigenvalue weighted by Gasteiger charge is 3.06. The van der Waals surface area contributed by atoms with Gasteiger partial charge < -0.3 is 0 Å². The van der Waals surface area contributed by atoms with E-state index in [-0.39, 0.29) is 0 Å². The first kappa shape index (κ1) is 7.35. The predicted octanol–water partition coefficient (Wildman–Crippen LogP) is 2.14. The van der Waals surface area contributed by atoms with Crippen LogP contribution in [0.4, 0.5) is 17.7 Å². The average molecular weight is 138 g/mol. The molecule has 7 heavy (non-hydrogen) atoms. The Kier molecular flexibility index (Phi) is 0.808. The van der Waals surface area contributed by atoms with Gasteiger partial charge in [-0.25, -0.2) is 17.7 Å². The third-order valence-electron chi connectivity index (χ3n) is 0. The quantitative estimate of drug-likeness (QED) is 0.355. The van der Waals surface area contributed by atoms with E-state index >= 15 is 0 Å². The molecule has 0 aliphatic heterocycles. The minimum absolute atomic E-state index is 9.92. The molecule has 0 unspecified atom stereocenters. The van der Waals surface area contributed by atoms with Crippen molar-refractivity contribution in [3.8, 4) is 0 Å². The fourth-order valence-corrected chi connectivity index (χ4v) is 0. The molecule has 0 heterocycles. The van der Waals surface area contributed by atoms with Crippen LogP contribution in [0.25, 0.3) is 0 Å². The fourth-order valence-electron chi connectivity index (χ4n) is 0. The third-order valence-corrected chi connectivity index (χ3v) is 0. The van der Waals surface area contributed by atoms with E-state index in [0.29, 0.717) is 0 Å². The maximum atomic E-state index is 9.92. The summed E-state index contributed by atoms with van der Waals surface area (Å²) in [5, 5.41) is 0. The number of hydrogen-bond acceptors (Lipinski definition) is 0. The summed E-state index contributed by atoms with van der Waals surface area (Å²) >= 11 is -11.2. The van der Waals surface area contributed by atoms with Crippen molar-refractivity contribution in [1.29, 1.82) is 0 Å². The van der Waals surface area contributed by atoms with Gasteiger partial charge in [-0.3, -0.25) is 0 Å². The highest BCUT2D eigenvalue weighted by molar-refractivity contribution is 6.81. The van der Waals surface area contributed by atoms with Gasteiger partial charge in [-0.05, 0) is 0 Å². The summed E-state index contributed by atoms with van der Waals surface area (Å²) in [5.41, 5.74) is 0. The summed E-state index contributed by atoms with van der Waals surface area (Å²) < 4.78 is 59.5. The zero-order chi connectivity index (χ0) is 6.41. The molecule has 7 heteroatoms. The van der Waals surface area contributed by atoms with E-state index in [0.717, 1.165) is 0 Å². The topological polar surface area (TPSA) is 0 Å². The van der Waals surface area contributed by atoms with E-state index < -0.39 is 18.3 Å². The Morgan fingerprint density at radius 3 is 0.571 bits per heavy atom. The third kappa shape index (κ3) is 1000. The Labute approximate surface area is 36.8 Å². The zero-order valence-electron chi connectivity index (χ0n) is 2.97.